The number of hydrogen-bond acceptors (Lipinski definition) is 4. The first kappa shape index (κ1) is 20.2. The lowest BCUT2D eigenvalue weighted by Crippen LogP contribution is -2.36. The highest BCUT2D eigenvalue weighted by atomic mass is 127. The Morgan fingerprint density at radius 1 is 1.15 bits per heavy atom. The molecule has 0 saturated carbocycles. The number of fused-ring (bicyclic) bond motifs is 1. The largest absolute Gasteiger partial charge is 0.359 e. The van der Waals surface area contributed by atoms with Crippen LogP contribution in [0.3, 0.4) is 0 Å². The van der Waals surface area contributed by atoms with Crippen molar-refractivity contribution in [3.63, 3.8) is 0 Å². The molecule has 0 bridgehead atoms. The lowest BCUT2D eigenvalue weighted by atomic mass is 10.1. The smallest absolute Gasteiger partial charge is 0.191 e. The fourth-order valence-corrected chi connectivity index (χ4v) is 2.56. The van der Waals surface area contributed by atoms with Crippen molar-refractivity contribution in [2.45, 2.75) is 32.9 Å². The quantitative estimate of drug-likeness (QED) is 0.341. The van der Waals surface area contributed by atoms with Crippen molar-refractivity contribution >= 4 is 40.8 Å². The van der Waals surface area contributed by atoms with E-state index < -0.39 is 0 Å². The molecular formula is C19H24IN5O. The van der Waals surface area contributed by atoms with E-state index in [-0.39, 0.29) is 24.0 Å². The van der Waals surface area contributed by atoms with E-state index in [4.69, 9.17) is 4.52 Å². The van der Waals surface area contributed by atoms with Gasteiger partial charge in [0, 0.05) is 31.2 Å². The summed E-state index contributed by atoms with van der Waals surface area (Å²) in [7, 11) is 1.75. The Kier molecular flexibility index (Phi) is 7.38. The predicted octanol–water partition coefficient (Wildman–Crippen LogP) is 3.83. The average Bonchev–Trinajstić information content (AvgIpc) is 3.11. The number of para-hydroxylation sites is 1. The highest BCUT2D eigenvalue weighted by Crippen LogP contribution is 2.16. The molecule has 3 aromatic rings. The Morgan fingerprint density at radius 3 is 2.65 bits per heavy atom. The van der Waals surface area contributed by atoms with Crippen LogP contribution in [-0.2, 0) is 13.1 Å². The molecule has 138 valence electrons. The van der Waals surface area contributed by atoms with E-state index in [0.717, 1.165) is 27.9 Å². The summed E-state index contributed by atoms with van der Waals surface area (Å²) in [4.78, 5) is 8.73. The number of nitrogens with zero attached hydrogens (tertiary/aromatic N) is 3. The highest BCUT2D eigenvalue weighted by Gasteiger charge is 2.08. The second-order valence-electron chi connectivity index (χ2n) is 6.14. The van der Waals surface area contributed by atoms with Gasteiger partial charge in [-0.25, -0.2) is 0 Å². The first-order valence-electron chi connectivity index (χ1n) is 8.40. The normalized spacial score (nSPS) is 11.5. The van der Waals surface area contributed by atoms with Gasteiger partial charge in [0.05, 0.1) is 17.8 Å². The zero-order valence-corrected chi connectivity index (χ0v) is 17.5. The van der Waals surface area contributed by atoms with Crippen molar-refractivity contribution in [2.75, 3.05) is 7.05 Å². The first-order valence-corrected chi connectivity index (χ1v) is 8.40. The first-order chi connectivity index (χ1) is 12.2. The molecule has 3 rings (SSSR count). The molecule has 0 unspecified atom stereocenters. The number of benzene rings is 1. The average molecular weight is 465 g/mol. The Morgan fingerprint density at radius 2 is 1.92 bits per heavy atom. The van der Waals surface area contributed by atoms with Crippen LogP contribution in [0.15, 0.2) is 52.1 Å². The van der Waals surface area contributed by atoms with Crippen LogP contribution in [0.25, 0.3) is 10.9 Å². The molecular weight excluding hydrogens is 441 g/mol. The summed E-state index contributed by atoms with van der Waals surface area (Å²) in [6.45, 7) is 5.36. The third-order valence-corrected chi connectivity index (χ3v) is 3.98. The Balaban J connectivity index is 0.00000243. The summed E-state index contributed by atoms with van der Waals surface area (Å²) in [5, 5.41) is 11.8. The van der Waals surface area contributed by atoms with E-state index in [1.54, 1.807) is 7.05 Å². The summed E-state index contributed by atoms with van der Waals surface area (Å²) >= 11 is 0. The summed E-state index contributed by atoms with van der Waals surface area (Å²) in [6, 6.07) is 12.2. The molecule has 0 spiro atoms. The Labute approximate surface area is 170 Å². The maximum Gasteiger partial charge on any atom is 0.191 e. The number of guanidine groups is 1. The van der Waals surface area contributed by atoms with Gasteiger partial charge in [-0.05, 0) is 17.5 Å². The van der Waals surface area contributed by atoms with Crippen molar-refractivity contribution in [3.05, 3.63) is 59.6 Å². The van der Waals surface area contributed by atoms with Gasteiger partial charge in [0.15, 0.2) is 11.7 Å². The molecule has 0 radical (unpaired) electrons. The maximum atomic E-state index is 5.34. The fraction of sp³-hybridized carbons (Fsp3) is 0.316. The van der Waals surface area contributed by atoms with Crippen LogP contribution in [0.2, 0.25) is 0 Å². The van der Waals surface area contributed by atoms with Crippen molar-refractivity contribution in [3.8, 4) is 0 Å². The molecule has 7 heteroatoms. The van der Waals surface area contributed by atoms with Crippen LogP contribution < -0.4 is 10.6 Å². The third-order valence-electron chi connectivity index (χ3n) is 3.98. The topological polar surface area (TPSA) is 75.3 Å². The number of nitrogens with one attached hydrogen (secondary N) is 2. The van der Waals surface area contributed by atoms with Crippen LogP contribution in [0, 0.1) is 0 Å². The summed E-state index contributed by atoms with van der Waals surface area (Å²) in [5.74, 6) is 1.85. The SMILES string of the molecule is CN=C(NCc1cc(C(C)C)no1)NCc1cccc2cccnc12.I. The molecule has 0 saturated heterocycles. The number of aliphatic imine (C=N–C) groups is 1. The van der Waals surface area contributed by atoms with Crippen molar-refractivity contribution in [1.29, 1.82) is 0 Å². The van der Waals surface area contributed by atoms with Gasteiger partial charge in [-0.3, -0.25) is 9.98 Å². The molecule has 0 amide bonds. The molecule has 2 aromatic heterocycles. The van der Waals surface area contributed by atoms with Crippen LogP contribution in [0.1, 0.15) is 36.8 Å². The molecule has 2 N–H and O–H groups in total. The van der Waals surface area contributed by atoms with Gasteiger partial charge in [0.1, 0.15) is 0 Å². The molecule has 6 nitrogen and oxygen atoms in total. The van der Waals surface area contributed by atoms with Crippen LogP contribution in [-0.4, -0.2) is 23.1 Å². The van der Waals surface area contributed by atoms with Crippen LogP contribution >= 0.6 is 24.0 Å². The molecule has 0 aliphatic heterocycles. The standard InChI is InChI=1S/C19H23N5O.HI/c1-13(2)17-10-16(25-24-17)12-23-19(20-3)22-11-15-7-4-6-14-8-5-9-21-18(14)15;/h4-10,13H,11-12H2,1-3H3,(H2,20,22,23);1H. The van der Waals surface area contributed by atoms with Crippen LogP contribution in [0.4, 0.5) is 0 Å². The van der Waals surface area contributed by atoms with E-state index in [0.29, 0.717) is 25.0 Å². The molecule has 0 aliphatic rings. The number of pyridine rings is 1. The molecule has 2 heterocycles. The van der Waals surface area contributed by atoms with Gasteiger partial charge in [0.2, 0.25) is 0 Å². The van der Waals surface area contributed by atoms with E-state index in [1.807, 2.05) is 24.4 Å². The molecule has 0 aliphatic carbocycles. The van der Waals surface area contributed by atoms with Crippen molar-refractivity contribution in [2.24, 2.45) is 4.99 Å². The number of hydrogen-bond donors (Lipinski definition) is 2. The minimum absolute atomic E-state index is 0. The zero-order chi connectivity index (χ0) is 17.6. The van der Waals surface area contributed by atoms with Gasteiger partial charge < -0.3 is 15.2 Å². The summed E-state index contributed by atoms with van der Waals surface area (Å²) in [5.41, 5.74) is 3.09. The second kappa shape index (κ2) is 9.51. The van der Waals surface area contributed by atoms with Crippen LogP contribution in [0.5, 0.6) is 0 Å². The molecule has 0 fully saturated rings. The Bertz CT molecular complexity index is 870. The minimum atomic E-state index is 0. The number of rotatable bonds is 5. The summed E-state index contributed by atoms with van der Waals surface area (Å²) < 4.78 is 5.34. The van der Waals surface area contributed by atoms with Gasteiger partial charge >= 0.3 is 0 Å². The highest BCUT2D eigenvalue weighted by molar-refractivity contribution is 14.0. The molecule has 0 atom stereocenters. The molecule has 1 aromatic carbocycles. The van der Waals surface area contributed by atoms with Crippen molar-refractivity contribution in [1.82, 2.24) is 20.8 Å². The van der Waals surface area contributed by atoms with Gasteiger partial charge in [-0.15, -0.1) is 24.0 Å². The van der Waals surface area contributed by atoms with Crippen molar-refractivity contribution < 1.29 is 4.52 Å². The third kappa shape index (κ3) is 4.94. The van der Waals surface area contributed by atoms with E-state index in [9.17, 15) is 0 Å². The number of halogens is 1. The predicted molar refractivity (Wildman–Crippen MR) is 115 cm³/mol. The minimum Gasteiger partial charge on any atom is -0.359 e. The van der Waals surface area contributed by atoms with Gasteiger partial charge in [-0.2, -0.15) is 0 Å². The van der Waals surface area contributed by atoms with E-state index in [1.165, 1.54) is 0 Å². The zero-order valence-electron chi connectivity index (χ0n) is 15.2. The lowest BCUT2D eigenvalue weighted by Gasteiger charge is -2.12. The Hall–Kier alpha value is -2.16. The van der Waals surface area contributed by atoms with E-state index >= 15 is 0 Å². The maximum absolute atomic E-state index is 5.34. The monoisotopic (exact) mass is 465 g/mol. The van der Waals surface area contributed by atoms with Gasteiger partial charge in [-0.1, -0.05) is 43.3 Å². The summed E-state index contributed by atoms with van der Waals surface area (Å²) in [6.07, 6.45) is 1.81. The lowest BCUT2D eigenvalue weighted by molar-refractivity contribution is 0.372. The van der Waals surface area contributed by atoms with E-state index in [2.05, 4.69) is 57.8 Å². The second-order valence-corrected chi connectivity index (χ2v) is 6.14. The molecule has 26 heavy (non-hydrogen) atoms. The van der Waals surface area contributed by atoms with Gasteiger partial charge in [0.25, 0.3) is 0 Å². The fourth-order valence-electron chi connectivity index (χ4n) is 2.56. The number of aromatic nitrogens is 2.